The summed E-state index contributed by atoms with van der Waals surface area (Å²) in [6.07, 6.45) is 7.19. The number of carbonyl (C=O) groups is 2. The lowest BCUT2D eigenvalue weighted by Crippen LogP contribution is -2.53. The molecule has 0 N–H and O–H groups in total. The number of rotatable bonds is 2. The Hall–Kier alpha value is -2.11. The van der Waals surface area contributed by atoms with E-state index in [4.69, 9.17) is 4.42 Å². The molecule has 0 radical (unpaired) electrons. The van der Waals surface area contributed by atoms with E-state index in [-0.39, 0.29) is 23.0 Å². The van der Waals surface area contributed by atoms with Crippen LogP contribution in [0.4, 0.5) is 0 Å². The molecule has 6 heteroatoms. The molecular weight excluding hydrogens is 332 g/mol. The first kappa shape index (κ1) is 17.3. The normalized spacial score (nSPS) is 26.9. The van der Waals surface area contributed by atoms with Gasteiger partial charge in [0.05, 0.1) is 5.41 Å². The third kappa shape index (κ3) is 2.95. The second-order valence-corrected chi connectivity index (χ2v) is 8.07. The molecule has 1 spiro atoms. The molecule has 3 heterocycles. The van der Waals surface area contributed by atoms with Crippen molar-refractivity contribution in [3.63, 3.8) is 0 Å². The minimum atomic E-state index is -0.444. The monoisotopic (exact) mass is 358 g/mol. The maximum Gasteiger partial charge on any atom is 0.289 e. The third-order valence-corrected chi connectivity index (χ3v) is 6.28. The van der Waals surface area contributed by atoms with Crippen LogP contribution in [-0.2, 0) is 4.79 Å². The number of aryl methyl sites for hydroxylation is 1. The Balaban J connectivity index is 1.52. The summed E-state index contributed by atoms with van der Waals surface area (Å²) >= 11 is 0. The van der Waals surface area contributed by atoms with Gasteiger partial charge in [0.2, 0.25) is 5.91 Å². The van der Waals surface area contributed by atoms with Crippen molar-refractivity contribution in [2.24, 2.45) is 5.41 Å². The van der Waals surface area contributed by atoms with Crippen molar-refractivity contribution in [3.8, 4) is 0 Å². The van der Waals surface area contributed by atoms with E-state index >= 15 is 0 Å². The second-order valence-electron chi connectivity index (χ2n) is 8.07. The van der Waals surface area contributed by atoms with Gasteiger partial charge < -0.3 is 14.2 Å². The highest BCUT2D eigenvalue weighted by atomic mass is 16.3. The van der Waals surface area contributed by atoms with E-state index in [9.17, 15) is 14.4 Å². The Bertz CT molecular complexity index is 780. The summed E-state index contributed by atoms with van der Waals surface area (Å²) < 4.78 is 5.45. The predicted molar refractivity (Wildman–Crippen MR) is 95.9 cm³/mol. The Labute approximate surface area is 153 Å². The summed E-state index contributed by atoms with van der Waals surface area (Å²) in [6.45, 7) is 3.49. The molecule has 3 aliphatic rings. The van der Waals surface area contributed by atoms with Crippen LogP contribution in [0.15, 0.2) is 21.3 Å². The van der Waals surface area contributed by atoms with E-state index in [0.29, 0.717) is 31.3 Å². The largest absolute Gasteiger partial charge is 0.456 e. The molecule has 1 saturated carbocycles. The number of piperidine rings is 1. The number of hydrogen-bond donors (Lipinski definition) is 0. The van der Waals surface area contributed by atoms with Crippen LogP contribution in [-0.4, -0.2) is 47.3 Å². The number of nitrogens with zero attached hydrogens (tertiary/aromatic N) is 2. The molecule has 2 amide bonds. The summed E-state index contributed by atoms with van der Waals surface area (Å²) in [4.78, 5) is 41.5. The first-order chi connectivity index (χ1) is 12.5. The Morgan fingerprint density at radius 2 is 1.88 bits per heavy atom. The van der Waals surface area contributed by atoms with Crippen LogP contribution in [0.1, 0.15) is 61.3 Å². The standard InChI is InChI=1S/C20H26N2O4/c1-14-11-16(23)12-17(26-14)18(24)21-10-8-20(13-21)7-4-9-22(19(20)25)15-5-2-3-6-15/h11-12,15H,2-10,13H2,1H3/t20-/m0/s1. The fraction of sp³-hybridized carbons (Fsp3) is 0.650. The molecule has 3 fully saturated rings. The molecule has 6 nitrogen and oxygen atoms in total. The Morgan fingerprint density at radius 3 is 2.62 bits per heavy atom. The van der Waals surface area contributed by atoms with Crippen molar-refractivity contribution in [2.75, 3.05) is 19.6 Å². The number of likely N-dealkylation sites (tertiary alicyclic amines) is 2. The van der Waals surface area contributed by atoms with E-state index in [2.05, 4.69) is 4.90 Å². The van der Waals surface area contributed by atoms with Crippen molar-refractivity contribution in [2.45, 2.75) is 57.9 Å². The highest BCUT2D eigenvalue weighted by Gasteiger charge is 2.51. The van der Waals surface area contributed by atoms with Gasteiger partial charge in [0.15, 0.2) is 11.2 Å². The van der Waals surface area contributed by atoms with Crippen LogP contribution in [0.2, 0.25) is 0 Å². The molecule has 4 rings (SSSR count). The zero-order chi connectivity index (χ0) is 18.3. The number of carbonyl (C=O) groups excluding carboxylic acids is 2. The molecule has 2 aliphatic heterocycles. The molecule has 0 aromatic carbocycles. The first-order valence-corrected chi connectivity index (χ1v) is 9.71. The van der Waals surface area contributed by atoms with Gasteiger partial charge in [-0.15, -0.1) is 0 Å². The highest BCUT2D eigenvalue weighted by molar-refractivity contribution is 5.93. The minimum Gasteiger partial charge on any atom is -0.456 e. The van der Waals surface area contributed by atoms with Crippen LogP contribution in [0, 0.1) is 12.3 Å². The third-order valence-electron chi connectivity index (χ3n) is 6.28. The predicted octanol–water partition coefficient (Wildman–Crippen LogP) is 2.35. The zero-order valence-electron chi connectivity index (χ0n) is 15.3. The SMILES string of the molecule is Cc1cc(=O)cc(C(=O)N2CC[C@@]3(CCCN(C4CCCC4)C3=O)C2)o1. The second kappa shape index (κ2) is 6.56. The van der Waals surface area contributed by atoms with Gasteiger partial charge in [0, 0.05) is 37.8 Å². The molecule has 1 atom stereocenters. The molecule has 1 aromatic rings. The van der Waals surface area contributed by atoms with Crippen LogP contribution in [0.3, 0.4) is 0 Å². The van der Waals surface area contributed by atoms with Gasteiger partial charge in [-0.1, -0.05) is 12.8 Å². The summed E-state index contributed by atoms with van der Waals surface area (Å²) in [5, 5.41) is 0. The van der Waals surface area contributed by atoms with Gasteiger partial charge in [0.1, 0.15) is 5.76 Å². The number of amides is 2. The van der Waals surface area contributed by atoms with Gasteiger partial charge in [-0.05, 0) is 39.0 Å². The average Bonchev–Trinajstić information content (AvgIpc) is 3.27. The van der Waals surface area contributed by atoms with Crippen LogP contribution in [0.25, 0.3) is 0 Å². The topological polar surface area (TPSA) is 70.8 Å². The molecule has 2 saturated heterocycles. The maximum atomic E-state index is 13.3. The van der Waals surface area contributed by atoms with Crippen molar-refractivity contribution >= 4 is 11.8 Å². The lowest BCUT2D eigenvalue weighted by molar-refractivity contribution is -0.148. The molecule has 0 unspecified atom stereocenters. The van der Waals surface area contributed by atoms with Gasteiger partial charge in [-0.25, -0.2) is 0 Å². The van der Waals surface area contributed by atoms with E-state index < -0.39 is 5.41 Å². The average molecular weight is 358 g/mol. The maximum absolute atomic E-state index is 13.3. The Morgan fingerprint density at radius 1 is 1.12 bits per heavy atom. The summed E-state index contributed by atoms with van der Waals surface area (Å²) in [5.41, 5.74) is -0.673. The molecule has 26 heavy (non-hydrogen) atoms. The highest BCUT2D eigenvalue weighted by Crippen LogP contribution is 2.42. The van der Waals surface area contributed by atoms with Gasteiger partial charge in [0.25, 0.3) is 5.91 Å². The Kier molecular flexibility index (Phi) is 4.37. The van der Waals surface area contributed by atoms with Crippen molar-refractivity contribution in [3.05, 3.63) is 33.9 Å². The smallest absolute Gasteiger partial charge is 0.289 e. The lowest BCUT2D eigenvalue weighted by Gasteiger charge is -2.42. The molecule has 1 aliphatic carbocycles. The fourth-order valence-electron chi connectivity index (χ4n) is 4.95. The molecular formula is C20H26N2O4. The molecule has 1 aromatic heterocycles. The van der Waals surface area contributed by atoms with E-state index in [1.54, 1.807) is 11.8 Å². The quantitative estimate of drug-likeness (QED) is 0.814. The molecule has 0 bridgehead atoms. The first-order valence-electron chi connectivity index (χ1n) is 9.71. The van der Waals surface area contributed by atoms with Gasteiger partial charge in [-0.2, -0.15) is 0 Å². The van der Waals surface area contributed by atoms with Gasteiger partial charge in [-0.3, -0.25) is 14.4 Å². The van der Waals surface area contributed by atoms with Crippen molar-refractivity contribution in [1.82, 2.24) is 9.80 Å². The summed E-state index contributed by atoms with van der Waals surface area (Å²) in [6, 6.07) is 3.00. The summed E-state index contributed by atoms with van der Waals surface area (Å²) in [7, 11) is 0. The van der Waals surface area contributed by atoms with Crippen LogP contribution >= 0.6 is 0 Å². The minimum absolute atomic E-state index is 0.0722. The lowest BCUT2D eigenvalue weighted by atomic mass is 9.77. The van der Waals surface area contributed by atoms with Gasteiger partial charge >= 0.3 is 0 Å². The van der Waals surface area contributed by atoms with Crippen LogP contribution < -0.4 is 5.43 Å². The molecule has 140 valence electrons. The summed E-state index contributed by atoms with van der Waals surface area (Å²) in [5.74, 6) is 0.448. The zero-order valence-corrected chi connectivity index (χ0v) is 15.3. The van der Waals surface area contributed by atoms with Crippen molar-refractivity contribution in [1.29, 1.82) is 0 Å². The van der Waals surface area contributed by atoms with Crippen molar-refractivity contribution < 1.29 is 14.0 Å². The van der Waals surface area contributed by atoms with Crippen LogP contribution in [0.5, 0.6) is 0 Å². The number of hydrogen-bond acceptors (Lipinski definition) is 4. The van der Waals surface area contributed by atoms with E-state index in [0.717, 1.165) is 32.2 Å². The van der Waals surface area contributed by atoms with E-state index in [1.807, 2.05) is 0 Å². The van der Waals surface area contributed by atoms with E-state index in [1.165, 1.54) is 25.0 Å². The fourth-order valence-corrected chi connectivity index (χ4v) is 4.95.